The fourth-order valence-corrected chi connectivity index (χ4v) is 2.88. The molecule has 1 atom stereocenters. The van der Waals surface area contributed by atoms with Crippen molar-refractivity contribution in [3.05, 3.63) is 29.8 Å². The first-order valence-corrected chi connectivity index (χ1v) is 8.53. The number of alkyl halides is 1. The van der Waals surface area contributed by atoms with Gasteiger partial charge in [0, 0.05) is 4.83 Å². The third kappa shape index (κ3) is 6.60. The second kappa shape index (κ2) is 10.3. The maximum Gasteiger partial charge on any atom is 0.320 e. The molecule has 128 valence electrons. The number of hydrogen-bond donors (Lipinski definition) is 0. The number of halogens is 1. The summed E-state index contributed by atoms with van der Waals surface area (Å²) in [5.74, 6) is -1.19. The van der Waals surface area contributed by atoms with Crippen LogP contribution in [-0.2, 0) is 25.5 Å². The van der Waals surface area contributed by atoms with Crippen molar-refractivity contribution >= 4 is 27.9 Å². The molecule has 0 fully saturated rings. The molecule has 23 heavy (non-hydrogen) atoms. The Bertz CT molecular complexity index is 482. The summed E-state index contributed by atoms with van der Waals surface area (Å²) in [7, 11) is 1.62. The normalized spacial score (nSPS) is 11.9. The molecule has 0 spiro atoms. The minimum absolute atomic E-state index is 0.0466. The van der Waals surface area contributed by atoms with Gasteiger partial charge in [0.1, 0.15) is 5.75 Å². The molecule has 1 unspecified atom stereocenters. The van der Waals surface area contributed by atoms with Crippen molar-refractivity contribution in [2.24, 2.45) is 5.92 Å². The minimum Gasteiger partial charge on any atom is -0.497 e. The molecule has 0 aromatic heterocycles. The summed E-state index contributed by atoms with van der Waals surface area (Å²) < 4.78 is 15.1. The Morgan fingerprint density at radius 2 is 1.57 bits per heavy atom. The zero-order valence-corrected chi connectivity index (χ0v) is 15.3. The molecule has 1 aromatic rings. The van der Waals surface area contributed by atoms with Crippen molar-refractivity contribution in [1.29, 1.82) is 0 Å². The molecule has 0 N–H and O–H groups in total. The van der Waals surface area contributed by atoms with Crippen molar-refractivity contribution in [2.75, 3.05) is 20.3 Å². The van der Waals surface area contributed by atoms with Crippen LogP contribution in [0.5, 0.6) is 5.75 Å². The Hall–Kier alpha value is -1.56. The molecule has 0 aliphatic carbocycles. The van der Waals surface area contributed by atoms with E-state index in [2.05, 4.69) is 15.9 Å². The van der Waals surface area contributed by atoms with Gasteiger partial charge in [-0.05, 0) is 44.4 Å². The zero-order valence-electron chi connectivity index (χ0n) is 13.7. The van der Waals surface area contributed by atoms with E-state index in [1.54, 1.807) is 21.0 Å². The van der Waals surface area contributed by atoms with Gasteiger partial charge in [0.25, 0.3) is 0 Å². The smallest absolute Gasteiger partial charge is 0.320 e. The van der Waals surface area contributed by atoms with Gasteiger partial charge in [-0.3, -0.25) is 9.59 Å². The lowest BCUT2D eigenvalue weighted by Gasteiger charge is -2.17. The summed E-state index contributed by atoms with van der Waals surface area (Å²) in [6.45, 7) is 3.90. The molecule has 5 nitrogen and oxygen atoms in total. The molecule has 0 amide bonds. The van der Waals surface area contributed by atoms with E-state index in [1.165, 1.54) is 0 Å². The van der Waals surface area contributed by atoms with E-state index in [0.717, 1.165) is 11.3 Å². The van der Waals surface area contributed by atoms with Gasteiger partial charge in [-0.2, -0.15) is 0 Å². The highest BCUT2D eigenvalue weighted by Gasteiger charge is 2.31. The van der Waals surface area contributed by atoms with Crippen LogP contribution >= 0.6 is 15.9 Å². The number of esters is 2. The van der Waals surface area contributed by atoms with Gasteiger partial charge < -0.3 is 14.2 Å². The fraction of sp³-hybridized carbons (Fsp3) is 0.529. The predicted molar refractivity (Wildman–Crippen MR) is 90.8 cm³/mol. The first-order chi connectivity index (χ1) is 11.0. The summed E-state index contributed by atoms with van der Waals surface area (Å²) in [5, 5.41) is 0. The van der Waals surface area contributed by atoms with Crippen LogP contribution in [0.4, 0.5) is 0 Å². The number of carbonyl (C=O) groups is 2. The van der Waals surface area contributed by atoms with Gasteiger partial charge in [0.05, 0.1) is 20.3 Å². The quantitative estimate of drug-likeness (QED) is 0.370. The Morgan fingerprint density at radius 3 is 2.00 bits per heavy atom. The Balaban J connectivity index is 2.68. The highest BCUT2D eigenvalue weighted by molar-refractivity contribution is 9.09. The Kier molecular flexibility index (Phi) is 8.69. The van der Waals surface area contributed by atoms with Crippen LogP contribution in [0, 0.1) is 5.92 Å². The van der Waals surface area contributed by atoms with Gasteiger partial charge in [-0.15, -0.1) is 0 Å². The molecule has 0 aliphatic heterocycles. The van der Waals surface area contributed by atoms with Crippen molar-refractivity contribution < 1.29 is 23.8 Å². The highest BCUT2D eigenvalue weighted by atomic mass is 79.9. The molecule has 0 saturated carbocycles. The predicted octanol–water partition coefficient (Wildman–Crippen LogP) is 3.13. The first kappa shape index (κ1) is 19.5. The average molecular weight is 387 g/mol. The molecule has 1 rings (SSSR count). The van der Waals surface area contributed by atoms with Gasteiger partial charge >= 0.3 is 11.9 Å². The number of hydrogen-bond acceptors (Lipinski definition) is 5. The van der Waals surface area contributed by atoms with E-state index < -0.39 is 17.9 Å². The van der Waals surface area contributed by atoms with Gasteiger partial charge in [0.2, 0.25) is 0 Å². The number of rotatable bonds is 9. The van der Waals surface area contributed by atoms with Gasteiger partial charge in [-0.25, -0.2) is 0 Å². The standard InChI is InChI=1S/C17H23BrO5/c1-4-22-16(19)15(17(20)23-5-2)11-13(18)10-12-6-8-14(21-3)9-7-12/h6-9,13,15H,4-5,10-11H2,1-3H3. The summed E-state index contributed by atoms with van der Waals surface area (Å²) in [6.07, 6.45) is 1.00. The van der Waals surface area contributed by atoms with Crippen molar-refractivity contribution in [2.45, 2.75) is 31.5 Å². The van der Waals surface area contributed by atoms with E-state index in [0.29, 0.717) is 12.8 Å². The van der Waals surface area contributed by atoms with E-state index in [9.17, 15) is 9.59 Å². The average Bonchev–Trinajstić information content (AvgIpc) is 2.53. The van der Waals surface area contributed by atoms with Crippen LogP contribution in [0.25, 0.3) is 0 Å². The second-order valence-electron chi connectivity index (χ2n) is 4.94. The van der Waals surface area contributed by atoms with Gasteiger partial charge in [0.15, 0.2) is 5.92 Å². The highest BCUT2D eigenvalue weighted by Crippen LogP contribution is 2.22. The lowest BCUT2D eigenvalue weighted by Crippen LogP contribution is -2.30. The fourth-order valence-electron chi connectivity index (χ4n) is 2.13. The largest absolute Gasteiger partial charge is 0.497 e. The van der Waals surface area contributed by atoms with Crippen LogP contribution in [0.15, 0.2) is 24.3 Å². The second-order valence-corrected chi connectivity index (χ2v) is 6.24. The molecule has 0 aliphatic rings. The maximum absolute atomic E-state index is 12.0. The topological polar surface area (TPSA) is 61.8 Å². The van der Waals surface area contributed by atoms with Crippen molar-refractivity contribution in [3.8, 4) is 5.75 Å². The molecule has 6 heteroatoms. The Labute approximate surface area is 145 Å². The summed E-state index contributed by atoms with van der Waals surface area (Å²) in [4.78, 5) is 23.9. The molecular weight excluding hydrogens is 364 g/mol. The number of carbonyl (C=O) groups excluding carboxylic acids is 2. The molecular formula is C17H23BrO5. The van der Waals surface area contributed by atoms with Gasteiger partial charge in [-0.1, -0.05) is 28.1 Å². The monoisotopic (exact) mass is 386 g/mol. The lowest BCUT2D eigenvalue weighted by atomic mass is 9.99. The molecule has 0 radical (unpaired) electrons. The van der Waals surface area contributed by atoms with Crippen molar-refractivity contribution in [1.82, 2.24) is 0 Å². The summed E-state index contributed by atoms with van der Waals surface area (Å²) >= 11 is 3.54. The van der Waals surface area contributed by atoms with Crippen LogP contribution in [0.3, 0.4) is 0 Å². The van der Waals surface area contributed by atoms with Crippen LogP contribution in [0.2, 0.25) is 0 Å². The molecule has 1 aromatic carbocycles. The zero-order chi connectivity index (χ0) is 17.2. The van der Waals surface area contributed by atoms with Crippen molar-refractivity contribution in [3.63, 3.8) is 0 Å². The van der Waals surface area contributed by atoms with Crippen LogP contribution in [-0.4, -0.2) is 37.1 Å². The minimum atomic E-state index is -0.905. The van der Waals surface area contributed by atoms with E-state index >= 15 is 0 Å². The SMILES string of the molecule is CCOC(=O)C(CC(Br)Cc1ccc(OC)cc1)C(=O)OCC. The summed E-state index contributed by atoms with van der Waals surface area (Å²) in [5.41, 5.74) is 1.08. The lowest BCUT2D eigenvalue weighted by molar-refractivity contribution is -0.161. The number of benzene rings is 1. The van der Waals surface area contributed by atoms with E-state index in [1.807, 2.05) is 24.3 Å². The third-order valence-electron chi connectivity index (χ3n) is 3.25. The molecule has 0 bridgehead atoms. The molecule has 0 saturated heterocycles. The number of ether oxygens (including phenoxy) is 3. The van der Waals surface area contributed by atoms with E-state index in [-0.39, 0.29) is 18.0 Å². The maximum atomic E-state index is 12.0. The van der Waals surface area contributed by atoms with Crippen LogP contribution in [0.1, 0.15) is 25.8 Å². The van der Waals surface area contributed by atoms with Crippen LogP contribution < -0.4 is 4.74 Å². The first-order valence-electron chi connectivity index (χ1n) is 7.62. The third-order valence-corrected chi connectivity index (χ3v) is 3.95. The number of methoxy groups -OCH3 is 1. The van der Waals surface area contributed by atoms with E-state index in [4.69, 9.17) is 14.2 Å². The Morgan fingerprint density at radius 1 is 1.04 bits per heavy atom. The summed E-state index contributed by atoms with van der Waals surface area (Å²) in [6, 6.07) is 7.67. The molecule has 0 heterocycles.